The van der Waals surface area contributed by atoms with E-state index in [4.69, 9.17) is 0 Å². The molecule has 0 spiro atoms. The van der Waals surface area contributed by atoms with Crippen LogP contribution in [0.15, 0.2) is 22.7 Å². The summed E-state index contributed by atoms with van der Waals surface area (Å²) in [6.45, 7) is 1.91. The molecule has 18 heavy (non-hydrogen) atoms. The summed E-state index contributed by atoms with van der Waals surface area (Å²) in [5.74, 6) is 0.793. The van der Waals surface area contributed by atoms with Crippen LogP contribution in [0.2, 0.25) is 0 Å². The van der Waals surface area contributed by atoms with Crippen molar-refractivity contribution in [3.05, 3.63) is 34.1 Å². The lowest BCUT2D eigenvalue weighted by molar-refractivity contribution is 0.104. The zero-order chi connectivity index (χ0) is 12.5. The molecule has 1 saturated heterocycles. The van der Waals surface area contributed by atoms with Crippen LogP contribution in [0.3, 0.4) is 0 Å². The van der Waals surface area contributed by atoms with Crippen LogP contribution in [0.1, 0.15) is 37.7 Å². The molecular formula is C15H19BrFN. The van der Waals surface area contributed by atoms with E-state index < -0.39 is 0 Å². The Bertz CT molecular complexity index is 435. The second-order valence-electron chi connectivity index (χ2n) is 5.61. The van der Waals surface area contributed by atoms with Gasteiger partial charge in [-0.25, -0.2) is 4.39 Å². The van der Waals surface area contributed by atoms with Gasteiger partial charge in [0.25, 0.3) is 0 Å². The van der Waals surface area contributed by atoms with Crippen molar-refractivity contribution in [2.24, 2.45) is 5.92 Å². The lowest BCUT2D eigenvalue weighted by Crippen LogP contribution is -2.42. The number of halogens is 2. The lowest BCUT2D eigenvalue weighted by atomic mass is 9.91. The number of nitrogens with zero attached hydrogens (tertiary/aromatic N) is 1. The lowest BCUT2D eigenvalue weighted by Gasteiger charge is -2.37. The molecule has 2 atom stereocenters. The fourth-order valence-corrected chi connectivity index (χ4v) is 3.96. The Morgan fingerprint density at radius 1 is 1.22 bits per heavy atom. The standard InChI is InChI=1S/C15H19BrFN/c16-13-7-6-12(14(17)9-13)10-18-8-2-4-11-3-1-5-15(11)18/h6-7,9,11,15H,1-5,8,10H2. The largest absolute Gasteiger partial charge is 0.296 e. The Balaban J connectivity index is 1.75. The van der Waals surface area contributed by atoms with Gasteiger partial charge in [-0.15, -0.1) is 0 Å². The summed E-state index contributed by atoms with van der Waals surface area (Å²) in [6.07, 6.45) is 6.70. The van der Waals surface area contributed by atoms with Crippen LogP contribution in [0, 0.1) is 11.7 Å². The van der Waals surface area contributed by atoms with Crippen LogP contribution in [-0.4, -0.2) is 17.5 Å². The van der Waals surface area contributed by atoms with Crippen LogP contribution in [-0.2, 0) is 6.54 Å². The van der Waals surface area contributed by atoms with Crippen molar-refractivity contribution in [1.82, 2.24) is 4.90 Å². The first kappa shape index (κ1) is 12.6. The number of hydrogen-bond donors (Lipinski definition) is 0. The van der Waals surface area contributed by atoms with Gasteiger partial charge in [0.15, 0.2) is 0 Å². The van der Waals surface area contributed by atoms with Crippen molar-refractivity contribution in [2.75, 3.05) is 6.54 Å². The molecule has 0 bridgehead atoms. The third-order valence-electron chi connectivity index (χ3n) is 4.50. The molecule has 2 aliphatic rings. The molecule has 0 amide bonds. The molecule has 1 heterocycles. The summed E-state index contributed by atoms with van der Waals surface area (Å²) in [7, 11) is 0. The summed E-state index contributed by atoms with van der Waals surface area (Å²) < 4.78 is 14.7. The van der Waals surface area contributed by atoms with E-state index in [1.165, 1.54) is 32.1 Å². The highest BCUT2D eigenvalue weighted by Gasteiger charge is 2.34. The molecule has 1 nitrogen and oxygen atoms in total. The van der Waals surface area contributed by atoms with Gasteiger partial charge in [0.05, 0.1) is 0 Å². The van der Waals surface area contributed by atoms with Crippen molar-refractivity contribution in [3.8, 4) is 0 Å². The molecule has 2 fully saturated rings. The predicted octanol–water partition coefficient (Wildman–Crippen LogP) is 4.35. The summed E-state index contributed by atoms with van der Waals surface area (Å²) in [5, 5.41) is 0. The molecule has 1 aliphatic heterocycles. The molecule has 1 aliphatic carbocycles. The SMILES string of the molecule is Fc1cc(Br)ccc1CN1CCCC2CCCC21. The number of piperidine rings is 1. The summed E-state index contributed by atoms with van der Waals surface area (Å²) in [6, 6.07) is 6.14. The predicted molar refractivity (Wildman–Crippen MR) is 74.9 cm³/mol. The minimum atomic E-state index is -0.0792. The number of hydrogen-bond acceptors (Lipinski definition) is 1. The first-order chi connectivity index (χ1) is 8.74. The molecule has 0 N–H and O–H groups in total. The van der Waals surface area contributed by atoms with E-state index in [9.17, 15) is 4.39 Å². The smallest absolute Gasteiger partial charge is 0.128 e. The van der Waals surface area contributed by atoms with Gasteiger partial charge in [-0.2, -0.15) is 0 Å². The molecular weight excluding hydrogens is 293 g/mol. The minimum absolute atomic E-state index is 0.0792. The normalized spacial score (nSPS) is 28.3. The molecule has 98 valence electrons. The number of benzene rings is 1. The first-order valence-corrected chi connectivity index (χ1v) is 7.71. The number of fused-ring (bicyclic) bond motifs is 1. The topological polar surface area (TPSA) is 3.24 Å². The van der Waals surface area contributed by atoms with Gasteiger partial charge >= 0.3 is 0 Å². The van der Waals surface area contributed by atoms with Crippen LogP contribution in [0.4, 0.5) is 4.39 Å². The van der Waals surface area contributed by atoms with E-state index in [1.54, 1.807) is 6.07 Å². The van der Waals surface area contributed by atoms with Gasteiger partial charge in [0.1, 0.15) is 5.82 Å². The number of likely N-dealkylation sites (tertiary alicyclic amines) is 1. The zero-order valence-electron chi connectivity index (χ0n) is 10.5. The first-order valence-electron chi connectivity index (χ1n) is 6.92. The Hall–Kier alpha value is -0.410. The van der Waals surface area contributed by atoms with Gasteiger partial charge in [0, 0.05) is 22.6 Å². The van der Waals surface area contributed by atoms with E-state index in [-0.39, 0.29) is 5.82 Å². The molecule has 3 rings (SSSR count). The summed E-state index contributed by atoms with van der Waals surface area (Å²) in [5.41, 5.74) is 0.839. The number of rotatable bonds is 2. The van der Waals surface area contributed by atoms with E-state index in [1.807, 2.05) is 12.1 Å². The van der Waals surface area contributed by atoms with Crippen molar-refractivity contribution < 1.29 is 4.39 Å². The molecule has 1 saturated carbocycles. The Labute approximate surface area is 116 Å². The Morgan fingerprint density at radius 2 is 2.06 bits per heavy atom. The second-order valence-corrected chi connectivity index (χ2v) is 6.52. The third kappa shape index (κ3) is 2.48. The monoisotopic (exact) mass is 311 g/mol. The second kappa shape index (κ2) is 5.30. The average molecular weight is 312 g/mol. The van der Waals surface area contributed by atoms with Crippen LogP contribution >= 0.6 is 15.9 Å². The third-order valence-corrected chi connectivity index (χ3v) is 4.99. The van der Waals surface area contributed by atoms with Crippen LogP contribution in [0.25, 0.3) is 0 Å². The maximum absolute atomic E-state index is 13.9. The Morgan fingerprint density at radius 3 is 2.89 bits per heavy atom. The van der Waals surface area contributed by atoms with E-state index in [2.05, 4.69) is 20.8 Å². The van der Waals surface area contributed by atoms with E-state index in [0.717, 1.165) is 29.0 Å². The highest BCUT2D eigenvalue weighted by Crippen LogP contribution is 2.37. The molecule has 1 aromatic rings. The molecule has 2 unspecified atom stereocenters. The summed E-state index contributed by atoms with van der Waals surface area (Å²) in [4.78, 5) is 2.51. The van der Waals surface area contributed by atoms with Crippen molar-refractivity contribution in [2.45, 2.75) is 44.7 Å². The maximum Gasteiger partial charge on any atom is 0.128 e. The van der Waals surface area contributed by atoms with Gasteiger partial charge in [0.2, 0.25) is 0 Å². The summed E-state index contributed by atoms with van der Waals surface area (Å²) >= 11 is 3.31. The van der Waals surface area contributed by atoms with Crippen molar-refractivity contribution in [3.63, 3.8) is 0 Å². The molecule has 1 aromatic carbocycles. The van der Waals surface area contributed by atoms with Gasteiger partial charge in [-0.3, -0.25) is 4.90 Å². The Kier molecular flexibility index (Phi) is 3.71. The van der Waals surface area contributed by atoms with Crippen molar-refractivity contribution in [1.29, 1.82) is 0 Å². The van der Waals surface area contributed by atoms with Gasteiger partial charge < -0.3 is 0 Å². The zero-order valence-corrected chi connectivity index (χ0v) is 12.1. The van der Waals surface area contributed by atoms with E-state index >= 15 is 0 Å². The van der Waals surface area contributed by atoms with Crippen LogP contribution < -0.4 is 0 Å². The molecule has 0 aromatic heterocycles. The van der Waals surface area contributed by atoms with E-state index in [0.29, 0.717) is 6.04 Å². The van der Waals surface area contributed by atoms with Crippen LogP contribution in [0.5, 0.6) is 0 Å². The van der Waals surface area contributed by atoms with Gasteiger partial charge in [-0.1, -0.05) is 28.4 Å². The molecule has 0 radical (unpaired) electrons. The highest BCUT2D eigenvalue weighted by atomic mass is 79.9. The maximum atomic E-state index is 13.9. The fourth-order valence-electron chi connectivity index (χ4n) is 3.62. The molecule has 3 heteroatoms. The highest BCUT2D eigenvalue weighted by molar-refractivity contribution is 9.10. The average Bonchev–Trinajstić information content (AvgIpc) is 2.82. The fraction of sp³-hybridized carbons (Fsp3) is 0.600. The van der Waals surface area contributed by atoms with Crippen molar-refractivity contribution >= 4 is 15.9 Å². The quantitative estimate of drug-likeness (QED) is 0.784. The minimum Gasteiger partial charge on any atom is -0.296 e. The van der Waals surface area contributed by atoms with Gasteiger partial charge in [-0.05, 0) is 50.3 Å².